The third-order valence-electron chi connectivity index (χ3n) is 2.64. The molecule has 112 valence electrons. The van der Waals surface area contributed by atoms with Crippen LogP contribution in [0.1, 0.15) is 17.0 Å². The molecule has 1 atom stereocenters. The summed E-state index contributed by atoms with van der Waals surface area (Å²) in [6, 6.07) is 3.16. The van der Waals surface area contributed by atoms with E-state index in [4.69, 9.17) is 9.15 Å². The molecule has 0 radical (unpaired) electrons. The number of amides is 2. The van der Waals surface area contributed by atoms with Gasteiger partial charge in [0, 0.05) is 33.7 Å². The van der Waals surface area contributed by atoms with Gasteiger partial charge in [-0.05, 0) is 12.1 Å². The first-order chi connectivity index (χ1) is 9.54. The van der Waals surface area contributed by atoms with Gasteiger partial charge in [0.25, 0.3) is 5.91 Å². The van der Waals surface area contributed by atoms with E-state index in [-0.39, 0.29) is 43.7 Å². The van der Waals surface area contributed by atoms with E-state index in [1.54, 1.807) is 19.2 Å². The first-order valence-electron chi connectivity index (χ1n) is 6.27. The zero-order valence-electron chi connectivity index (χ0n) is 11.7. The minimum absolute atomic E-state index is 0.155. The molecule has 7 heteroatoms. The lowest BCUT2D eigenvalue weighted by atomic mass is 10.3. The Hall–Kier alpha value is -1.86. The lowest BCUT2D eigenvalue weighted by Crippen LogP contribution is -2.38. The molecule has 0 aliphatic heterocycles. The monoisotopic (exact) mass is 284 g/mol. The second kappa shape index (κ2) is 8.34. The van der Waals surface area contributed by atoms with Crippen LogP contribution in [0.5, 0.6) is 0 Å². The van der Waals surface area contributed by atoms with Crippen molar-refractivity contribution in [3.8, 4) is 0 Å². The molecular formula is C13H20N2O5. The molecule has 0 aliphatic rings. The van der Waals surface area contributed by atoms with Crippen LogP contribution in [-0.4, -0.2) is 61.8 Å². The number of carbonyl (C=O) groups is 2. The molecule has 2 amide bonds. The summed E-state index contributed by atoms with van der Waals surface area (Å²) in [4.78, 5) is 24.7. The third-order valence-corrected chi connectivity index (χ3v) is 2.64. The Morgan fingerprint density at radius 1 is 1.55 bits per heavy atom. The Morgan fingerprint density at radius 3 is 2.90 bits per heavy atom. The van der Waals surface area contributed by atoms with Crippen LogP contribution >= 0.6 is 0 Å². The molecule has 0 fully saturated rings. The Bertz CT molecular complexity index is 418. The average molecular weight is 284 g/mol. The third kappa shape index (κ3) is 5.41. The summed E-state index contributed by atoms with van der Waals surface area (Å²) in [7, 11) is 3.07. The molecule has 0 saturated carbocycles. The number of methoxy groups -OCH3 is 1. The fourth-order valence-electron chi connectivity index (χ4n) is 1.63. The van der Waals surface area contributed by atoms with Crippen molar-refractivity contribution >= 4 is 11.8 Å². The van der Waals surface area contributed by atoms with E-state index in [0.29, 0.717) is 0 Å². The highest BCUT2D eigenvalue weighted by atomic mass is 16.5. The molecule has 20 heavy (non-hydrogen) atoms. The first-order valence-corrected chi connectivity index (χ1v) is 6.27. The highest BCUT2D eigenvalue weighted by Gasteiger charge is 2.14. The molecule has 1 heterocycles. The summed E-state index contributed by atoms with van der Waals surface area (Å²) in [5.74, 6) is -0.314. The Kier molecular flexibility index (Phi) is 6.75. The number of likely N-dealkylation sites (N-methyl/N-ethyl adjacent to an activating group) is 1. The van der Waals surface area contributed by atoms with Gasteiger partial charge in [-0.25, -0.2) is 0 Å². The van der Waals surface area contributed by atoms with Crippen molar-refractivity contribution in [2.75, 3.05) is 33.9 Å². The Labute approximate surface area is 117 Å². The van der Waals surface area contributed by atoms with Gasteiger partial charge in [0.1, 0.15) is 0 Å². The van der Waals surface area contributed by atoms with Crippen molar-refractivity contribution in [3.63, 3.8) is 0 Å². The quantitative estimate of drug-likeness (QED) is 0.693. The molecule has 1 rings (SSSR count). The van der Waals surface area contributed by atoms with Gasteiger partial charge < -0.3 is 24.5 Å². The maximum absolute atomic E-state index is 11.8. The van der Waals surface area contributed by atoms with E-state index in [2.05, 4.69) is 5.32 Å². The zero-order valence-corrected chi connectivity index (χ0v) is 11.7. The largest absolute Gasteiger partial charge is 0.459 e. The molecule has 7 nitrogen and oxygen atoms in total. The Balaban J connectivity index is 2.24. The summed E-state index contributed by atoms with van der Waals surface area (Å²) < 4.78 is 9.71. The number of hydrogen-bond donors (Lipinski definition) is 2. The minimum Gasteiger partial charge on any atom is -0.459 e. The summed E-state index contributed by atoms with van der Waals surface area (Å²) in [6.45, 7) is 0.578. The van der Waals surface area contributed by atoms with Crippen molar-refractivity contribution in [1.29, 1.82) is 0 Å². The number of nitrogens with one attached hydrogen (secondary N) is 1. The maximum atomic E-state index is 11.8. The average Bonchev–Trinajstić information content (AvgIpc) is 2.92. The molecule has 1 unspecified atom stereocenters. The zero-order chi connectivity index (χ0) is 15.0. The van der Waals surface area contributed by atoms with Gasteiger partial charge in [-0.1, -0.05) is 0 Å². The van der Waals surface area contributed by atoms with E-state index in [0.717, 1.165) is 0 Å². The lowest BCUT2D eigenvalue weighted by molar-refractivity contribution is -0.131. The highest BCUT2D eigenvalue weighted by molar-refractivity contribution is 5.91. The molecule has 0 saturated heterocycles. The Morgan fingerprint density at radius 2 is 2.30 bits per heavy atom. The normalized spacial score (nSPS) is 11.9. The predicted molar refractivity (Wildman–Crippen MR) is 71.2 cm³/mol. The molecule has 1 aromatic rings. The molecule has 1 aromatic heterocycles. The summed E-state index contributed by atoms with van der Waals surface area (Å²) in [5.41, 5.74) is 0. The standard InChI is InChI=1S/C13H20N2O5/c1-15(8-10(16)9-19-2)12(17)5-6-14-13(18)11-4-3-7-20-11/h3-4,7,10,16H,5-6,8-9H2,1-2H3,(H,14,18). The second-order valence-electron chi connectivity index (χ2n) is 4.37. The van der Waals surface area contributed by atoms with E-state index in [1.165, 1.54) is 18.3 Å². The van der Waals surface area contributed by atoms with Gasteiger partial charge in [0.2, 0.25) is 5.91 Å². The van der Waals surface area contributed by atoms with Crippen LogP contribution in [-0.2, 0) is 9.53 Å². The van der Waals surface area contributed by atoms with Gasteiger partial charge in [0.05, 0.1) is 19.0 Å². The summed E-state index contributed by atoms with van der Waals surface area (Å²) >= 11 is 0. The molecule has 0 spiro atoms. The lowest BCUT2D eigenvalue weighted by Gasteiger charge is -2.20. The van der Waals surface area contributed by atoms with Crippen molar-refractivity contribution in [2.45, 2.75) is 12.5 Å². The van der Waals surface area contributed by atoms with E-state index < -0.39 is 6.10 Å². The number of ether oxygens (including phenoxy) is 1. The number of aliphatic hydroxyl groups is 1. The maximum Gasteiger partial charge on any atom is 0.286 e. The topological polar surface area (TPSA) is 92.0 Å². The van der Waals surface area contributed by atoms with Crippen LogP contribution in [0.2, 0.25) is 0 Å². The molecular weight excluding hydrogens is 264 g/mol. The number of carbonyl (C=O) groups excluding carboxylic acids is 2. The number of nitrogens with zero attached hydrogens (tertiary/aromatic N) is 1. The van der Waals surface area contributed by atoms with Crippen molar-refractivity contribution in [1.82, 2.24) is 10.2 Å². The fourth-order valence-corrected chi connectivity index (χ4v) is 1.63. The van der Waals surface area contributed by atoms with Crippen LogP contribution < -0.4 is 5.32 Å². The van der Waals surface area contributed by atoms with E-state index >= 15 is 0 Å². The van der Waals surface area contributed by atoms with Crippen molar-refractivity contribution in [2.24, 2.45) is 0 Å². The van der Waals surface area contributed by atoms with Crippen LogP contribution in [0.15, 0.2) is 22.8 Å². The first kappa shape index (κ1) is 16.2. The number of aliphatic hydroxyl groups excluding tert-OH is 1. The van der Waals surface area contributed by atoms with Crippen molar-refractivity contribution in [3.05, 3.63) is 24.2 Å². The van der Waals surface area contributed by atoms with Gasteiger partial charge in [0.15, 0.2) is 5.76 Å². The SMILES string of the molecule is COCC(O)CN(C)C(=O)CCNC(=O)c1ccco1. The highest BCUT2D eigenvalue weighted by Crippen LogP contribution is 1.99. The van der Waals surface area contributed by atoms with Gasteiger partial charge in [-0.2, -0.15) is 0 Å². The second-order valence-corrected chi connectivity index (χ2v) is 4.37. The molecule has 2 N–H and O–H groups in total. The fraction of sp³-hybridized carbons (Fsp3) is 0.538. The molecule has 0 bridgehead atoms. The number of hydrogen-bond acceptors (Lipinski definition) is 5. The smallest absolute Gasteiger partial charge is 0.286 e. The van der Waals surface area contributed by atoms with Crippen LogP contribution in [0.3, 0.4) is 0 Å². The number of furan rings is 1. The van der Waals surface area contributed by atoms with Crippen LogP contribution in [0.4, 0.5) is 0 Å². The van der Waals surface area contributed by atoms with E-state index in [1.807, 2.05) is 0 Å². The van der Waals surface area contributed by atoms with E-state index in [9.17, 15) is 14.7 Å². The van der Waals surface area contributed by atoms with Gasteiger partial charge in [-0.3, -0.25) is 9.59 Å². The molecule has 0 aliphatic carbocycles. The predicted octanol–water partition coefficient (Wildman–Crippen LogP) is -0.135. The summed E-state index contributed by atoms with van der Waals surface area (Å²) in [5, 5.41) is 12.1. The van der Waals surface area contributed by atoms with Crippen LogP contribution in [0.25, 0.3) is 0 Å². The van der Waals surface area contributed by atoms with Gasteiger partial charge in [-0.15, -0.1) is 0 Å². The van der Waals surface area contributed by atoms with Crippen LogP contribution in [0, 0.1) is 0 Å². The number of rotatable bonds is 8. The summed E-state index contributed by atoms with van der Waals surface area (Å²) in [6.07, 6.45) is 0.847. The minimum atomic E-state index is -0.716. The van der Waals surface area contributed by atoms with Crippen molar-refractivity contribution < 1.29 is 23.8 Å². The molecule has 0 aromatic carbocycles. The van der Waals surface area contributed by atoms with Gasteiger partial charge >= 0.3 is 0 Å².